The first-order chi connectivity index (χ1) is 18.9. The molecule has 5 aromatic rings. The third-order valence-corrected chi connectivity index (χ3v) is 7.37. The van der Waals surface area contributed by atoms with Crippen molar-refractivity contribution in [1.82, 2.24) is 14.8 Å². The number of benzene rings is 3. The largest absolute Gasteiger partial charge is 0.488 e. The van der Waals surface area contributed by atoms with E-state index >= 15 is 0 Å². The van der Waals surface area contributed by atoms with Crippen LogP contribution < -0.4 is 10.1 Å². The van der Waals surface area contributed by atoms with Gasteiger partial charge in [0.05, 0.1) is 22.3 Å². The summed E-state index contributed by atoms with van der Waals surface area (Å²) in [6.07, 6.45) is 3.22. The van der Waals surface area contributed by atoms with E-state index < -0.39 is 10.8 Å². The fraction of sp³-hybridized carbons (Fsp3) is 0.107. The summed E-state index contributed by atoms with van der Waals surface area (Å²) in [5, 5.41) is 19.1. The molecule has 3 aromatic carbocycles. The standard InChI is InChI=1S/C28H20FN5O4S/c1-2-20(27(35)32-28-30-14-25(39-28)34(36)37)26-21-6-4-3-5-16(21)15-38-24-12-23-17(11-22(24)26)13-31-33(23)19-9-7-18(29)8-10-19/h3-14H,2,15H2,1H3,(H,30,32,35). The summed E-state index contributed by atoms with van der Waals surface area (Å²) in [4.78, 5) is 28.1. The van der Waals surface area contributed by atoms with E-state index in [1.807, 2.05) is 43.3 Å². The van der Waals surface area contributed by atoms with Crippen molar-refractivity contribution in [2.24, 2.45) is 0 Å². The van der Waals surface area contributed by atoms with E-state index in [4.69, 9.17) is 4.74 Å². The van der Waals surface area contributed by atoms with Gasteiger partial charge >= 0.3 is 5.00 Å². The van der Waals surface area contributed by atoms with Gasteiger partial charge in [-0.1, -0.05) is 31.2 Å². The van der Waals surface area contributed by atoms with Crippen LogP contribution in [-0.4, -0.2) is 25.6 Å². The second-order valence-electron chi connectivity index (χ2n) is 8.81. The number of ether oxygens (including phenoxy) is 1. The number of carbonyl (C=O) groups excluding carboxylic acids is 1. The second kappa shape index (κ2) is 9.76. The van der Waals surface area contributed by atoms with E-state index in [1.54, 1.807) is 23.0 Å². The van der Waals surface area contributed by atoms with Crippen LogP contribution in [0, 0.1) is 15.9 Å². The van der Waals surface area contributed by atoms with Crippen molar-refractivity contribution in [2.45, 2.75) is 20.0 Å². The molecule has 9 nitrogen and oxygen atoms in total. The fourth-order valence-electron chi connectivity index (χ4n) is 4.70. The molecule has 0 atom stereocenters. The quantitative estimate of drug-likeness (QED) is 0.159. The Morgan fingerprint density at radius 2 is 1.95 bits per heavy atom. The second-order valence-corrected chi connectivity index (χ2v) is 9.82. The van der Waals surface area contributed by atoms with E-state index in [9.17, 15) is 19.3 Å². The van der Waals surface area contributed by atoms with Crippen LogP contribution in [0.15, 0.2) is 78.6 Å². The molecule has 0 spiro atoms. The minimum Gasteiger partial charge on any atom is -0.488 e. The first-order valence-electron chi connectivity index (χ1n) is 12.1. The van der Waals surface area contributed by atoms with Gasteiger partial charge < -0.3 is 4.74 Å². The summed E-state index contributed by atoms with van der Waals surface area (Å²) in [6, 6.07) is 17.6. The van der Waals surface area contributed by atoms with Crippen LogP contribution in [0.2, 0.25) is 0 Å². The van der Waals surface area contributed by atoms with Crippen molar-refractivity contribution in [3.63, 3.8) is 0 Å². The predicted molar refractivity (Wildman–Crippen MR) is 146 cm³/mol. The molecule has 1 aliphatic rings. The molecule has 1 aliphatic heterocycles. The Hall–Kier alpha value is -4.90. The summed E-state index contributed by atoms with van der Waals surface area (Å²) in [5.74, 6) is -0.166. The first-order valence-corrected chi connectivity index (χ1v) is 12.9. The monoisotopic (exact) mass is 541 g/mol. The van der Waals surface area contributed by atoms with E-state index in [0.29, 0.717) is 35.6 Å². The summed E-state index contributed by atoms with van der Waals surface area (Å²) in [6.45, 7) is 2.17. The Morgan fingerprint density at radius 3 is 2.69 bits per heavy atom. The average Bonchev–Trinajstić information content (AvgIpc) is 3.54. The highest BCUT2D eigenvalue weighted by molar-refractivity contribution is 7.18. The molecule has 0 aliphatic carbocycles. The number of thiazole rings is 1. The van der Waals surface area contributed by atoms with Gasteiger partial charge in [-0.15, -0.1) is 0 Å². The SMILES string of the molecule is CCC(C(=O)Nc1ncc([N+](=O)[O-])s1)=C1c2ccccc2COc2cc3c(cnn3-c3ccc(F)cc3)cc21. The Balaban J connectivity index is 1.52. The maximum atomic E-state index is 13.6. The van der Waals surface area contributed by atoms with Crippen molar-refractivity contribution >= 4 is 43.9 Å². The summed E-state index contributed by atoms with van der Waals surface area (Å²) in [5.41, 5.74) is 5.16. The fourth-order valence-corrected chi connectivity index (χ4v) is 5.33. The molecule has 1 amide bonds. The summed E-state index contributed by atoms with van der Waals surface area (Å²) >= 11 is 0.799. The van der Waals surface area contributed by atoms with Gasteiger partial charge in [0.25, 0.3) is 5.91 Å². The molecule has 1 N–H and O–H groups in total. The third-order valence-electron chi connectivity index (χ3n) is 6.50. The number of hydrogen-bond donors (Lipinski definition) is 1. The van der Waals surface area contributed by atoms with Crippen LogP contribution in [0.4, 0.5) is 14.5 Å². The minimum absolute atomic E-state index is 0.146. The number of aromatic nitrogens is 3. The molecule has 0 fully saturated rings. The molecule has 0 radical (unpaired) electrons. The van der Waals surface area contributed by atoms with Crippen LogP contribution in [0.25, 0.3) is 22.2 Å². The highest BCUT2D eigenvalue weighted by atomic mass is 32.1. The van der Waals surface area contributed by atoms with Crippen molar-refractivity contribution in [2.75, 3.05) is 5.32 Å². The van der Waals surface area contributed by atoms with Crippen molar-refractivity contribution in [3.8, 4) is 11.4 Å². The predicted octanol–water partition coefficient (Wildman–Crippen LogP) is 6.27. The van der Waals surface area contributed by atoms with Crippen LogP contribution in [0.5, 0.6) is 5.75 Å². The number of amides is 1. The molecule has 194 valence electrons. The maximum absolute atomic E-state index is 13.6. The van der Waals surface area contributed by atoms with E-state index in [0.717, 1.165) is 45.1 Å². The van der Waals surface area contributed by atoms with E-state index in [1.165, 1.54) is 12.1 Å². The molecule has 3 heterocycles. The normalized spacial score (nSPS) is 13.7. The lowest BCUT2D eigenvalue weighted by Gasteiger charge is -2.16. The zero-order valence-corrected chi connectivity index (χ0v) is 21.4. The number of carbonyl (C=O) groups is 1. The zero-order valence-electron chi connectivity index (χ0n) is 20.6. The molecule has 11 heteroatoms. The number of halogens is 1. The number of nitrogens with one attached hydrogen (secondary N) is 1. The van der Waals surface area contributed by atoms with Crippen LogP contribution in [-0.2, 0) is 11.4 Å². The lowest BCUT2D eigenvalue weighted by molar-refractivity contribution is -0.380. The summed E-state index contributed by atoms with van der Waals surface area (Å²) in [7, 11) is 0. The third kappa shape index (κ3) is 4.42. The van der Waals surface area contributed by atoms with Crippen molar-refractivity contribution in [1.29, 1.82) is 0 Å². The van der Waals surface area contributed by atoms with Crippen LogP contribution in [0.3, 0.4) is 0 Å². The average molecular weight is 542 g/mol. The van der Waals surface area contributed by atoms with Crippen LogP contribution in [0.1, 0.15) is 30.0 Å². The Labute approximate surface area is 225 Å². The lowest BCUT2D eigenvalue weighted by atomic mass is 9.88. The van der Waals surface area contributed by atoms with E-state index in [-0.39, 0.29) is 15.9 Å². The molecule has 0 unspecified atom stereocenters. The Bertz CT molecular complexity index is 1790. The maximum Gasteiger partial charge on any atom is 0.345 e. The molecular formula is C28H20FN5O4S. The summed E-state index contributed by atoms with van der Waals surface area (Å²) < 4.78 is 21.5. The molecule has 2 aromatic heterocycles. The smallest absolute Gasteiger partial charge is 0.345 e. The van der Waals surface area contributed by atoms with E-state index in [2.05, 4.69) is 15.4 Å². The Kier molecular flexibility index (Phi) is 6.12. The van der Waals surface area contributed by atoms with Gasteiger partial charge in [-0.25, -0.2) is 14.1 Å². The van der Waals surface area contributed by atoms with Gasteiger partial charge in [-0.3, -0.25) is 20.2 Å². The molecule has 0 saturated heterocycles. The molecule has 6 rings (SSSR count). The van der Waals surface area contributed by atoms with Crippen molar-refractivity contribution in [3.05, 3.63) is 111 Å². The van der Waals surface area contributed by atoms with Gasteiger partial charge in [0.15, 0.2) is 5.13 Å². The Morgan fingerprint density at radius 1 is 1.15 bits per heavy atom. The highest BCUT2D eigenvalue weighted by Crippen LogP contribution is 2.42. The number of hydrogen-bond acceptors (Lipinski definition) is 7. The number of fused-ring (bicyclic) bond motifs is 3. The van der Waals surface area contributed by atoms with Gasteiger partial charge in [-0.05, 0) is 59.2 Å². The highest BCUT2D eigenvalue weighted by Gasteiger charge is 2.27. The van der Waals surface area contributed by atoms with Gasteiger partial charge in [0.2, 0.25) is 0 Å². The topological polar surface area (TPSA) is 112 Å². The van der Waals surface area contributed by atoms with Gasteiger partial charge in [-0.2, -0.15) is 5.10 Å². The minimum atomic E-state index is -0.543. The first kappa shape index (κ1) is 24.4. The molecule has 0 bridgehead atoms. The van der Waals surface area contributed by atoms with Crippen LogP contribution >= 0.6 is 11.3 Å². The molecule has 39 heavy (non-hydrogen) atoms. The number of nitrogens with zero attached hydrogens (tertiary/aromatic N) is 4. The number of rotatable bonds is 5. The lowest BCUT2D eigenvalue weighted by Crippen LogP contribution is -2.16. The zero-order chi connectivity index (χ0) is 27.1. The van der Waals surface area contributed by atoms with Gasteiger partial charge in [0, 0.05) is 28.2 Å². The van der Waals surface area contributed by atoms with Gasteiger partial charge in [0.1, 0.15) is 24.4 Å². The van der Waals surface area contributed by atoms with Crippen molar-refractivity contribution < 1.29 is 18.8 Å². The number of nitro groups is 1. The molecular weight excluding hydrogens is 521 g/mol. The number of anilines is 1. The molecule has 0 saturated carbocycles.